The molecule has 0 aliphatic rings. The van der Waals surface area contributed by atoms with E-state index in [-0.39, 0.29) is 4.90 Å². The number of rotatable bonds is 3. The number of halogens is 1. The van der Waals surface area contributed by atoms with Crippen LogP contribution in [0.15, 0.2) is 33.8 Å². The van der Waals surface area contributed by atoms with Crippen molar-refractivity contribution in [2.75, 3.05) is 4.72 Å². The van der Waals surface area contributed by atoms with Gasteiger partial charge in [0.15, 0.2) is 0 Å². The Morgan fingerprint density at radius 2 is 2.06 bits per heavy atom. The number of benzene rings is 1. The van der Waals surface area contributed by atoms with Gasteiger partial charge in [0.05, 0.1) is 11.9 Å². The number of anilines is 1. The van der Waals surface area contributed by atoms with E-state index in [0.29, 0.717) is 11.4 Å². The number of nitrogens with one attached hydrogen (secondary N) is 2. The zero-order valence-corrected chi connectivity index (χ0v) is 12.3. The molecule has 5 nitrogen and oxygen atoms in total. The van der Waals surface area contributed by atoms with Gasteiger partial charge in [-0.3, -0.25) is 9.82 Å². The largest absolute Gasteiger partial charge is 0.281 e. The average molecular weight is 330 g/mol. The molecule has 0 unspecified atom stereocenters. The van der Waals surface area contributed by atoms with E-state index >= 15 is 0 Å². The molecule has 0 saturated heterocycles. The van der Waals surface area contributed by atoms with Gasteiger partial charge in [0.1, 0.15) is 4.90 Å². The van der Waals surface area contributed by atoms with Crippen LogP contribution in [0.2, 0.25) is 0 Å². The first-order valence-electron chi connectivity index (χ1n) is 5.19. The van der Waals surface area contributed by atoms with Crippen molar-refractivity contribution in [3.05, 3.63) is 40.1 Å². The molecule has 0 fully saturated rings. The molecule has 0 bridgehead atoms. The van der Waals surface area contributed by atoms with Crippen molar-refractivity contribution in [1.29, 1.82) is 0 Å². The highest BCUT2D eigenvalue weighted by atomic mass is 79.9. The maximum atomic E-state index is 12.1. The zero-order valence-electron chi connectivity index (χ0n) is 9.86. The number of H-pyrrole nitrogens is 1. The first-order valence-corrected chi connectivity index (χ1v) is 7.47. The molecule has 1 heterocycles. The Morgan fingerprint density at radius 1 is 1.33 bits per heavy atom. The standard InChI is InChI=1S/C11H12BrN3O2S/c1-7-3-4-9(5-10(7)12)15-18(16,17)11-6-13-14-8(11)2/h3-6,15H,1-2H3,(H,13,14). The van der Waals surface area contributed by atoms with Crippen LogP contribution >= 0.6 is 15.9 Å². The number of aryl methyl sites for hydroxylation is 2. The highest BCUT2D eigenvalue weighted by Gasteiger charge is 2.18. The Labute approximate surface area is 114 Å². The van der Waals surface area contributed by atoms with Crippen molar-refractivity contribution in [3.8, 4) is 0 Å². The predicted octanol–water partition coefficient (Wildman–Crippen LogP) is 2.59. The summed E-state index contributed by atoms with van der Waals surface area (Å²) in [6, 6.07) is 5.28. The first kappa shape index (κ1) is 13.1. The molecule has 2 rings (SSSR count). The Kier molecular flexibility index (Phi) is 3.45. The summed E-state index contributed by atoms with van der Waals surface area (Å²) in [5.41, 5.74) is 2.05. The molecule has 1 aromatic heterocycles. The number of nitrogens with zero attached hydrogens (tertiary/aromatic N) is 1. The van der Waals surface area contributed by atoms with Gasteiger partial charge in [0.2, 0.25) is 0 Å². The molecular formula is C11H12BrN3O2S. The van der Waals surface area contributed by atoms with Gasteiger partial charge < -0.3 is 0 Å². The maximum Gasteiger partial charge on any atom is 0.265 e. The summed E-state index contributed by atoms with van der Waals surface area (Å²) in [4.78, 5) is 0.152. The van der Waals surface area contributed by atoms with E-state index in [1.165, 1.54) is 6.20 Å². The molecule has 2 N–H and O–H groups in total. The van der Waals surface area contributed by atoms with Gasteiger partial charge in [-0.2, -0.15) is 5.10 Å². The summed E-state index contributed by atoms with van der Waals surface area (Å²) in [5.74, 6) is 0. The molecule has 0 saturated carbocycles. The molecule has 2 aromatic rings. The maximum absolute atomic E-state index is 12.1. The van der Waals surface area contributed by atoms with E-state index < -0.39 is 10.0 Å². The number of sulfonamides is 1. The lowest BCUT2D eigenvalue weighted by molar-refractivity contribution is 0.600. The molecular weight excluding hydrogens is 318 g/mol. The van der Waals surface area contributed by atoms with E-state index in [9.17, 15) is 8.42 Å². The highest BCUT2D eigenvalue weighted by molar-refractivity contribution is 9.10. The lowest BCUT2D eigenvalue weighted by Crippen LogP contribution is -2.13. The molecule has 0 atom stereocenters. The minimum Gasteiger partial charge on any atom is -0.281 e. The third-order valence-corrected chi connectivity index (χ3v) is 4.85. The van der Waals surface area contributed by atoms with Crippen LogP contribution in [0, 0.1) is 13.8 Å². The Bertz CT molecular complexity index is 679. The molecule has 0 amide bonds. The van der Waals surface area contributed by atoms with Crippen molar-refractivity contribution in [3.63, 3.8) is 0 Å². The van der Waals surface area contributed by atoms with Gasteiger partial charge in [-0.25, -0.2) is 8.42 Å². The molecule has 0 aliphatic carbocycles. The van der Waals surface area contributed by atoms with Gasteiger partial charge in [-0.15, -0.1) is 0 Å². The summed E-state index contributed by atoms with van der Waals surface area (Å²) in [6.07, 6.45) is 1.29. The second-order valence-electron chi connectivity index (χ2n) is 3.93. The van der Waals surface area contributed by atoms with Crippen LogP contribution in [0.1, 0.15) is 11.3 Å². The van der Waals surface area contributed by atoms with Gasteiger partial charge in [-0.05, 0) is 31.5 Å². The van der Waals surface area contributed by atoms with Crippen molar-refractivity contribution in [2.45, 2.75) is 18.7 Å². The lowest BCUT2D eigenvalue weighted by Gasteiger charge is -2.08. The molecule has 0 aliphatic heterocycles. The van der Waals surface area contributed by atoms with Gasteiger partial charge in [0, 0.05) is 10.2 Å². The highest BCUT2D eigenvalue weighted by Crippen LogP contribution is 2.23. The molecule has 0 radical (unpaired) electrons. The monoisotopic (exact) mass is 329 g/mol. The minimum atomic E-state index is -3.59. The van der Waals surface area contributed by atoms with E-state index in [0.717, 1.165) is 10.0 Å². The van der Waals surface area contributed by atoms with Crippen LogP contribution in [0.25, 0.3) is 0 Å². The molecule has 0 spiro atoms. The lowest BCUT2D eigenvalue weighted by atomic mass is 10.2. The summed E-state index contributed by atoms with van der Waals surface area (Å²) < 4.78 is 27.6. The summed E-state index contributed by atoms with van der Waals surface area (Å²) in [7, 11) is -3.59. The van der Waals surface area contributed by atoms with Gasteiger partial charge >= 0.3 is 0 Å². The first-order chi connectivity index (χ1) is 8.40. The Morgan fingerprint density at radius 3 is 2.61 bits per heavy atom. The fraction of sp³-hybridized carbons (Fsp3) is 0.182. The summed E-state index contributed by atoms with van der Waals surface area (Å²) in [5, 5.41) is 6.31. The number of hydrogen-bond donors (Lipinski definition) is 2. The summed E-state index contributed by atoms with van der Waals surface area (Å²) >= 11 is 3.36. The molecule has 7 heteroatoms. The van der Waals surface area contributed by atoms with E-state index in [4.69, 9.17) is 0 Å². The van der Waals surface area contributed by atoms with Crippen LogP contribution in [0.3, 0.4) is 0 Å². The smallest absolute Gasteiger partial charge is 0.265 e. The van der Waals surface area contributed by atoms with Crippen molar-refractivity contribution in [1.82, 2.24) is 10.2 Å². The topological polar surface area (TPSA) is 74.8 Å². The van der Waals surface area contributed by atoms with Crippen LogP contribution in [0.4, 0.5) is 5.69 Å². The summed E-state index contributed by atoms with van der Waals surface area (Å²) in [6.45, 7) is 3.59. The fourth-order valence-corrected chi connectivity index (χ4v) is 3.04. The quantitative estimate of drug-likeness (QED) is 0.908. The predicted molar refractivity (Wildman–Crippen MR) is 73.0 cm³/mol. The van der Waals surface area contributed by atoms with Crippen molar-refractivity contribution >= 4 is 31.6 Å². The van der Waals surface area contributed by atoms with Gasteiger partial charge in [-0.1, -0.05) is 22.0 Å². The third kappa shape index (κ3) is 2.56. The molecule has 1 aromatic carbocycles. The normalized spacial score (nSPS) is 11.5. The fourth-order valence-electron chi connectivity index (χ4n) is 1.48. The molecule has 18 heavy (non-hydrogen) atoms. The Balaban J connectivity index is 2.34. The molecule has 96 valence electrons. The second-order valence-corrected chi connectivity index (χ2v) is 6.43. The zero-order chi connectivity index (χ0) is 13.3. The van der Waals surface area contributed by atoms with E-state index in [1.54, 1.807) is 19.1 Å². The van der Waals surface area contributed by atoms with E-state index in [1.807, 2.05) is 13.0 Å². The Hall–Kier alpha value is -1.34. The van der Waals surface area contributed by atoms with Crippen LogP contribution < -0.4 is 4.72 Å². The number of aromatic nitrogens is 2. The van der Waals surface area contributed by atoms with E-state index in [2.05, 4.69) is 30.8 Å². The van der Waals surface area contributed by atoms with Crippen molar-refractivity contribution < 1.29 is 8.42 Å². The SMILES string of the molecule is Cc1ccc(NS(=O)(=O)c2cn[nH]c2C)cc1Br. The van der Waals surface area contributed by atoms with Gasteiger partial charge in [0.25, 0.3) is 10.0 Å². The van der Waals surface area contributed by atoms with Crippen LogP contribution in [-0.4, -0.2) is 18.6 Å². The second kappa shape index (κ2) is 4.74. The number of hydrogen-bond acceptors (Lipinski definition) is 3. The van der Waals surface area contributed by atoms with Crippen LogP contribution in [-0.2, 0) is 10.0 Å². The van der Waals surface area contributed by atoms with Crippen molar-refractivity contribution in [2.24, 2.45) is 0 Å². The third-order valence-electron chi connectivity index (χ3n) is 2.50. The minimum absolute atomic E-state index is 0.152. The average Bonchev–Trinajstić information content (AvgIpc) is 2.70. The van der Waals surface area contributed by atoms with Crippen LogP contribution in [0.5, 0.6) is 0 Å². The number of aromatic amines is 1.